The number of amides is 2. The van der Waals surface area contributed by atoms with E-state index in [0.717, 1.165) is 19.6 Å². The van der Waals surface area contributed by atoms with Crippen LogP contribution < -0.4 is 10.6 Å². The molecule has 1 saturated heterocycles. The van der Waals surface area contributed by atoms with E-state index in [-0.39, 0.29) is 11.8 Å². The summed E-state index contributed by atoms with van der Waals surface area (Å²) in [5, 5.41) is 5.57. The zero-order chi connectivity index (χ0) is 16.8. The van der Waals surface area contributed by atoms with Crippen LogP contribution in [0, 0.1) is 5.92 Å². The second-order valence-corrected chi connectivity index (χ2v) is 7.21. The van der Waals surface area contributed by atoms with Gasteiger partial charge in [-0.3, -0.25) is 4.79 Å². The molecule has 0 spiro atoms. The number of hydrogen-bond acceptors (Lipinski definition) is 4. The summed E-state index contributed by atoms with van der Waals surface area (Å²) in [6.07, 6.45) is 1.92. The fourth-order valence-corrected chi connectivity index (χ4v) is 2.42. The van der Waals surface area contributed by atoms with Crippen LogP contribution in [0.1, 0.15) is 47.5 Å². The molecular weight excluding hydrogens is 282 g/mol. The summed E-state index contributed by atoms with van der Waals surface area (Å²) in [5.74, 6) is -0.153. The number of nitrogens with zero attached hydrogens (tertiary/aromatic N) is 1. The molecule has 6 heteroatoms. The Bertz CT molecular complexity index is 371. The van der Waals surface area contributed by atoms with Crippen molar-refractivity contribution in [3.05, 3.63) is 0 Å². The first kappa shape index (κ1) is 18.7. The Kier molecular flexibility index (Phi) is 7.13. The number of alkyl carbamates (subject to hydrolysis) is 1. The average molecular weight is 313 g/mol. The van der Waals surface area contributed by atoms with Gasteiger partial charge in [0.05, 0.1) is 0 Å². The zero-order valence-corrected chi connectivity index (χ0v) is 14.6. The first-order valence-corrected chi connectivity index (χ1v) is 8.18. The van der Waals surface area contributed by atoms with Gasteiger partial charge in [0.25, 0.3) is 0 Å². The number of nitrogens with one attached hydrogen (secondary N) is 2. The molecule has 6 nitrogen and oxygen atoms in total. The number of ether oxygens (including phenoxy) is 1. The molecule has 0 aliphatic carbocycles. The Hall–Kier alpha value is -1.30. The molecule has 0 radical (unpaired) electrons. The number of hydrogen-bond donors (Lipinski definition) is 2. The zero-order valence-electron chi connectivity index (χ0n) is 14.6. The second-order valence-electron chi connectivity index (χ2n) is 7.21. The van der Waals surface area contributed by atoms with E-state index >= 15 is 0 Å². The van der Waals surface area contributed by atoms with Crippen molar-refractivity contribution in [2.24, 2.45) is 5.92 Å². The quantitative estimate of drug-likeness (QED) is 0.784. The van der Waals surface area contributed by atoms with Gasteiger partial charge in [0.15, 0.2) is 0 Å². The fraction of sp³-hybridized carbons (Fsp3) is 0.875. The average Bonchev–Trinajstić information content (AvgIpc) is 2.86. The molecule has 0 aromatic carbocycles. The molecule has 0 bridgehead atoms. The van der Waals surface area contributed by atoms with E-state index in [9.17, 15) is 9.59 Å². The SMILES string of the molecule is CC(C)C(NC(=O)OC(C)(C)C)C(=O)NCCN1CCCC1. The van der Waals surface area contributed by atoms with Gasteiger partial charge in [-0.2, -0.15) is 0 Å². The van der Waals surface area contributed by atoms with Crippen LogP contribution in [0.5, 0.6) is 0 Å². The number of rotatable bonds is 6. The van der Waals surface area contributed by atoms with Crippen LogP contribution in [-0.2, 0) is 9.53 Å². The van der Waals surface area contributed by atoms with Crippen molar-refractivity contribution in [1.82, 2.24) is 15.5 Å². The van der Waals surface area contributed by atoms with Crippen molar-refractivity contribution >= 4 is 12.0 Å². The van der Waals surface area contributed by atoms with Crippen molar-refractivity contribution in [1.29, 1.82) is 0 Å². The minimum Gasteiger partial charge on any atom is -0.444 e. The molecular formula is C16H31N3O3. The Balaban J connectivity index is 2.40. The molecule has 128 valence electrons. The maximum absolute atomic E-state index is 12.3. The normalized spacial score (nSPS) is 17.4. The van der Waals surface area contributed by atoms with Gasteiger partial charge in [-0.25, -0.2) is 4.79 Å². The van der Waals surface area contributed by atoms with E-state index in [2.05, 4.69) is 15.5 Å². The van der Waals surface area contributed by atoms with Gasteiger partial charge in [0.2, 0.25) is 5.91 Å². The summed E-state index contributed by atoms with van der Waals surface area (Å²) >= 11 is 0. The van der Waals surface area contributed by atoms with E-state index in [1.54, 1.807) is 20.8 Å². The molecule has 0 aromatic rings. The highest BCUT2D eigenvalue weighted by Crippen LogP contribution is 2.09. The van der Waals surface area contributed by atoms with Crippen LogP contribution >= 0.6 is 0 Å². The number of carbonyl (C=O) groups excluding carboxylic acids is 2. The van der Waals surface area contributed by atoms with Crippen molar-refractivity contribution in [3.8, 4) is 0 Å². The molecule has 2 N–H and O–H groups in total. The monoisotopic (exact) mass is 313 g/mol. The lowest BCUT2D eigenvalue weighted by atomic mass is 10.0. The van der Waals surface area contributed by atoms with Crippen molar-refractivity contribution in [2.45, 2.75) is 59.1 Å². The van der Waals surface area contributed by atoms with E-state index in [1.165, 1.54) is 12.8 Å². The Morgan fingerprint density at radius 3 is 2.27 bits per heavy atom. The van der Waals surface area contributed by atoms with Crippen LogP contribution in [0.4, 0.5) is 4.79 Å². The first-order chi connectivity index (χ1) is 10.2. The third-order valence-electron chi connectivity index (χ3n) is 3.55. The van der Waals surface area contributed by atoms with E-state index < -0.39 is 17.7 Å². The molecule has 0 aromatic heterocycles. The molecule has 1 aliphatic rings. The highest BCUT2D eigenvalue weighted by molar-refractivity contribution is 5.85. The third-order valence-corrected chi connectivity index (χ3v) is 3.55. The molecule has 1 rings (SSSR count). The lowest BCUT2D eigenvalue weighted by molar-refractivity contribution is -0.124. The maximum Gasteiger partial charge on any atom is 0.408 e. The summed E-state index contributed by atoms with van der Waals surface area (Å²) in [6.45, 7) is 12.9. The van der Waals surface area contributed by atoms with Gasteiger partial charge >= 0.3 is 6.09 Å². The summed E-state index contributed by atoms with van der Waals surface area (Å²) in [4.78, 5) is 26.4. The summed E-state index contributed by atoms with van der Waals surface area (Å²) < 4.78 is 5.22. The second kappa shape index (κ2) is 8.36. The highest BCUT2D eigenvalue weighted by Gasteiger charge is 2.26. The lowest BCUT2D eigenvalue weighted by Crippen LogP contribution is -2.51. The first-order valence-electron chi connectivity index (χ1n) is 8.18. The Morgan fingerprint density at radius 1 is 1.18 bits per heavy atom. The molecule has 2 amide bonds. The molecule has 1 heterocycles. The highest BCUT2D eigenvalue weighted by atomic mass is 16.6. The predicted molar refractivity (Wildman–Crippen MR) is 86.7 cm³/mol. The third kappa shape index (κ3) is 7.11. The van der Waals surface area contributed by atoms with Crippen LogP contribution in [0.25, 0.3) is 0 Å². The van der Waals surface area contributed by atoms with Crippen molar-refractivity contribution < 1.29 is 14.3 Å². The predicted octanol–water partition coefficient (Wildman–Crippen LogP) is 1.75. The van der Waals surface area contributed by atoms with Gasteiger partial charge in [-0.05, 0) is 52.6 Å². The molecule has 1 aliphatic heterocycles. The molecule has 1 unspecified atom stereocenters. The van der Waals surface area contributed by atoms with Gasteiger partial charge < -0.3 is 20.3 Å². The van der Waals surface area contributed by atoms with E-state index in [4.69, 9.17) is 4.74 Å². The Morgan fingerprint density at radius 2 is 1.77 bits per heavy atom. The van der Waals surface area contributed by atoms with Crippen LogP contribution in [0.3, 0.4) is 0 Å². The van der Waals surface area contributed by atoms with Crippen LogP contribution in [0.15, 0.2) is 0 Å². The maximum atomic E-state index is 12.3. The van der Waals surface area contributed by atoms with Gasteiger partial charge in [-0.15, -0.1) is 0 Å². The smallest absolute Gasteiger partial charge is 0.408 e. The molecule has 1 fully saturated rings. The summed E-state index contributed by atoms with van der Waals surface area (Å²) in [6, 6.07) is -0.576. The Labute approximate surface area is 134 Å². The van der Waals surface area contributed by atoms with Gasteiger partial charge in [0, 0.05) is 13.1 Å². The molecule has 0 saturated carbocycles. The summed E-state index contributed by atoms with van der Waals surface area (Å²) in [7, 11) is 0. The van der Waals surface area contributed by atoms with E-state index in [1.807, 2.05) is 13.8 Å². The largest absolute Gasteiger partial charge is 0.444 e. The fourth-order valence-electron chi connectivity index (χ4n) is 2.42. The van der Waals surface area contributed by atoms with E-state index in [0.29, 0.717) is 6.54 Å². The standard InChI is InChI=1S/C16H31N3O3/c1-12(2)13(18-15(21)22-16(3,4)5)14(20)17-8-11-19-9-6-7-10-19/h12-13H,6-11H2,1-5H3,(H,17,20)(H,18,21). The molecule has 22 heavy (non-hydrogen) atoms. The summed E-state index contributed by atoms with van der Waals surface area (Å²) in [5.41, 5.74) is -0.572. The van der Waals surface area contributed by atoms with Crippen LogP contribution in [0.2, 0.25) is 0 Å². The molecule has 1 atom stereocenters. The number of carbonyl (C=O) groups is 2. The van der Waals surface area contributed by atoms with Crippen molar-refractivity contribution in [2.75, 3.05) is 26.2 Å². The van der Waals surface area contributed by atoms with Gasteiger partial charge in [0.1, 0.15) is 11.6 Å². The number of likely N-dealkylation sites (tertiary alicyclic amines) is 1. The van der Waals surface area contributed by atoms with Crippen LogP contribution in [-0.4, -0.2) is 54.7 Å². The minimum absolute atomic E-state index is 0.000643. The topological polar surface area (TPSA) is 70.7 Å². The minimum atomic E-state index is -0.576. The van der Waals surface area contributed by atoms with Crippen molar-refractivity contribution in [3.63, 3.8) is 0 Å². The lowest BCUT2D eigenvalue weighted by Gasteiger charge is -2.25. The van der Waals surface area contributed by atoms with Gasteiger partial charge in [-0.1, -0.05) is 13.8 Å².